The molecule has 2 heterocycles. The van der Waals surface area contributed by atoms with Crippen LogP contribution in [0.4, 0.5) is 5.82 Å². The van der Waals surface area contributed by atoms with Crippen LogP contribution in [0, 0.1) is 10.7 Å². The van der Waals surface area contributed by atoms with Crippen molar-refractivity contribution in [3.8, 4) is 0 Å². The van der Waals surface area contributed by atoms with Crippen molar-refractivity contribution >= 4 is 26.6 Å². The summed E-state index contributed by atoms with van der Waals surface area (Å²) < 4.78 is 21.0. The van der Waals surface area contributed by atoms with E-state index in [1.165, 1.54) is 0 Å². The van der Waals surface area contributed by atoms with Crippen LogP contribution in [-0.2, 0) is 15.5 Å². The first-order valence-corrected chi connectivity index (χ1v) is 11.3. The van der Waals surface area contributed by atoms with Crippen molar-refractivity contribution in [3.05, 3.63) is 54.5 Å². The molecule has 142 valence electrons. The third kappa shape index (κ3) is 4.47. The van der Waals surface area contributed by atoms with E-state index in [1.54, 1.807) is 6.33 Å². The molecule has 1 aliphatic carbocycles. The predicted molar refractivity (Wildman–Crippen MR) is 109 cm³/mol. The summed E-state index contributed by atoms with van der Waals surface area (Å²) in [6, 6.07) is 12.1. The lowest BCUT2D eigenvalue weighted by atomic mass is 9.87. The molecule has 27 heavy (non-hydrogen) atoms. The topological polar surface area (TPSA) is 94.5 Å². The lowest BCUT2D eigenvalue weighted by Crippen LogP contribution is -2.29. The second-order valence-corrected chi connectivity index (χ2v) is 9.68. The molecule has 0 unspecified atom stereocenters. The number of rotatable bonds is 6. The molecule has 3 N–H and O–H groups in total. The van der Waals surface area contributed by atoms with Gasteiger partial charge in [0, 0.05) is 27.7 Å². The average molecular weight is 384 g/mol. The van der Waals surface area contributed by atoms with Gasteiger partial charge < -0.3 is 10.3 Å². The zero-order valence-corrected chi connectivity index (χ0v) is 16.0. The van der Waals surface area contributed by atoms with E-state index in [0.29, 0.717) is 23.5 Å². The van der Waals surface area contributed by atoms with Crippen LogP contribution >= 0.6 is 0 Å². The second kappa shape index (κ2) is 7.68. The molecule has 0 spiro atoms. The summed E-state index contributed by atoms with van der Waals surface area (Å²) in [6.07, 6.45) is 7.49. The lowest BCUT2D eigenvalue weighted by molar-refractivity contribution is 0.363. The Bertz CT molecular complexity index is 991. The van der Waals surface area contributed by atoms with Gasteiger partial charge >= 0.3 is 0 Å². The van der Waals surface area contributed by atoms with E-state index in [9.17, 15) is 4.21 Å². The molecule has 1 fully saturated rings. The van der Waals surface area contributed by atoms with Crippen LogP contribution in [0.2, 0.25) is 0 Å². The number of nitrogens with one attached hydrogen (secondary N) is 3. The van der Waals surface area contributed by atoms with E-state index in [-0.39, 0.29) is 0 Å². The first-order valence-electron chi connectivity index (χ1n) is 9.42. The Balaban J connectivity index is 1.32. The Morgan fingerprint density at radius 2 is 1.89 bits per heavy atom. The molecule has 1 aliphatic rings. The van der Waals surface area contributed by atoms with Gasteiger partial charge in [-0.1, -0.05) is 30.3 Å². The minimum Gasteiger partial charge on any atom is -0.367 e. The summed E-state index contributed by atoms with van der Waals surface area (Å²) in [5, 5.41) is 4.55. The maximum Gasteiger partial charge on any atom is 0.142 e. The number of fused-ring (bicyclic) bond motifs is 1. The van der Waals surface area contributed by atoms with Crippen LogP contribution in [0.1, 0.15) is 31.2 Å². The molecule has 7 heteroatoms. The van der Waals surface area contributed by atoms with Crippen molar-refractivity contribution in [3.63, 3.8) is 0 Å². The van der Waals surface area contributed by atoms with Crippen molar-refractivity contribution in [1.29, 1.82) is 4.78 Å². The highest BCUT2D eigenvalue weighted by Gasteiger charge is 2.25. The number of aromatic nitrogens is 3. The molecule has 1 aromatic carbocycles. The van der Waals surface area contributed by atoms with Crippen molar-refractivity contribution in [1.82, 2.24) is 15.0 Å². The third-order valence-electron chi connectivity index (χ3n) is 5.29. The number of H-pyrrole nitrogens is 1. The zero-order chi connectivity index (χ0) is 18.7. The molecule has 0 aliphatic heterocycles. The first-order chi connectivity index (χ1) is 13.1. The minimum absolute atomic E-state index is 0.360. The van der Waals surface area contributed by atoms with Crippen molar-refractivity contribution in [2.45, 2.75) is 37.5 Å². The Morgan fingerprint density at radius 1 is 1.11 bits per heavy atom. The van der Waals surface area contributed by atoms with Gasteiger partial charge in [0.05, 0.1) is 11.1 Å². The van der Waals surface area contributed by atoms with E-state index in [0.717, 1.165) is 48.1 Å². The van der Waals surface area contributed by atoms with Gasteiger partial charge in [0.25, 0.3) is 0 Å². The SMILES string of the molecule is N=[S@](=O)(Cc1ccccc1)C[C@H]1CC[C@H](Nc2ncnc3[nH]ccc23)CC1. The molecule has 0 bridgehead atoms. The maximum absolute atomic E-state index is 12.7. The maximum atomic E-state index is 12.7. The predicted octanol–water partition coefficient (Wildman–Crippen LogP) is 4.18. The Hall–Kier alpha value is -2.41. The fraction of sp³-hybridized carbons (Fsp3) is 0.400. The number of benzene rings is 1. The number of anilines is 1. The van der Waals surface area contributed by atoms with Crippen LogP contribution in [0.15, 0.2) is 48.9 Å². The molecule has 0 radical (unpaired) electrons. The highest BCUT2D eigenvalue weighted by Crippen LogP contribution is 2.29. The van der Waals surface area contributed by atoms with Crippen molar-refractivity contribution < 1.29 is 4.21 Å². The number of aromatic amines is 1. The molecular weight excluding hydrogens is 358 g/mol. The van der Waals surface area contributed by atoms with E-state index in [4.69, 9.17) is 4.78 Å². The van der Waals surface area contributed by atoms with Gasteiger partial charge in [-0.2, -0.15) is 0 Å². The smallest absolute Gasteiger partial charge is 0.142 e. The van der Waals surface area contributed by atoms with Gasteiger partial charge in [0.2, 0.25) is 0 Å². The largest absolute Gasteiger partial charge is 0.367 e. The summed E-state index contributed by atoms with van der Waals surface area (Å²) in [6.45, 7) is 0. The van der Waals surface area contributed by atoms with E-state index < -0.39 is 9.73 Å². The standard InChI is InChI=1S/C20H25N5OS/c21-27(26,12-15-4-2-1-3-5-15)13-16-6-8-17(9-7-16)25-20-18-10-11-22-19(18)23-14-24-20/h1-5,10-11,14,16-17,21H,6-9,12-13H2,(H2,22,23,24,25)/t16-,17-,27-/m0/s1. The van der Waals surface area contributed by atoms with Crippen LogP contribution < -0.4 is 5.32 Å². The lowest BCUT2D eigenvalue weighted by Gasteiger charge is -2.30. The van der Waals surface area contributed by atoms with Crippen LogP contribution in [0.3, 0.4) is 0 Å². The van der Waals surface area contributed by atoms with Gasteiger partial charge in [-0.05, 0) is 43.2 Å². The number of hydrogen-bond acceptors (Lipinski definition) is 5. The fourth-order valence-corrected chi connectivity index (χ4v) is 5.88. The van der Waals surface area contributed by atoms with Crippen LogP contribution in [0.25, 0.3) is 11.0 Å². The normalized spacial score (nSPS) is 22.4. The summed E-state index contributed by atoms with van der Waals surface area (Å²) >= 11 is 0. The molecule has 3 aromatic rings. The number of nitrogens with zero attached hydrogens (tertiary/aromatic N) is 2. The highest BCUT2D eigenvalue weighted by atomic mass is 32.2. The van der Waals surface area contributed by atoms with Gasteiger partial charge in [-0.3, -0.25) is 4.78 Å². The summed E-state index contributed by atoms with van der Waals surface area (Å²) in [4.78, 5) is 11.7. The summed E-state index contributed by atoms with van der Waals surface area (Å²) in [5.74, 6) is 2.11. The van der Waals surface area contributed by atoms with E-state index in [1.807, 2.05) is 42.6 Å². The molecule has 4 rings (SSSR count). The molecular formula is C20H25N5OS. The van der Waals surface area contributed by atoms with Crippen LogP contribution in [-0.4, -0.2) is 31.0 Å². The van der Waals surface area contributed by atoms with Gasteiger partial charge in [-0.15, -0.1) is 0 Å². The van der Waals surface area contributed by atoms with E-state index in [2.05, 4.69) is 20.3 Å². The highest BCUT2D eigenvalue weighted by molar-refractivity contribution is 7.91. The van der Waals surface area contributed by atoms with Crippen molar-refractivity contribution in [2.75, 3.05) is 11.1 Å². The fourth-order valence-electron chi connectivity index (χ4n) is 3.94. The molecule has 6 nitrogen and oxygen atoms in total. The minimum atomic E-state index is -2.58. The monoisotopic (exact) mass is 383 g/mol. The Labute approximate surface area is 159 Å². The Morgan fingerprint density at radius 3 is 2.67 bits per heavy atom. The second-order valence-electron chi connectivity index (χ2n) is 7.43. The Kier molecular flexibility index (Phi) is 5.11. The quantitative estimate of drug-likeness (QED) is 0.595. The molecule has 0 amide bonds. The van der Waals surface area contributed by atoms with Crippen LogP contribution in [0.5, 0.6) is 0 Å². The van der Waals surface area contributed by atoms with Crippen molar-refractivity contribution in [2.24, 2.45) is 5.92 Å². The van der Waals surface area contributed by atoms with E-state index >= 15 is 0 Å². The van der Waals surface area contributed by atoms with Gasteiger partial charge in [0.1, 0.15) is 17.8 Å². The van der Waals surface area contributed by atoms with Gasteiger partial charge in [-0.25, -0.2) is 14.2 Å². The number of hydrogen-bond donors (Lipinski definition) is 3. The summed E-state index contributed by atoms with van der Waals surface area (Å²) in [5.41, 5.74) is 1.84. The first kappa shape index (κ1) is 18.0. The average Bonchev–Trinajstić information content (AvgIpc) is 3.13. The third-order valence-corrected chi connectivity index (χ3v) is 7.10. The molecule has 0 saturated heterocycles. The molecule has 1 saturated carbocycles. The zero-order valence-electron chi connectivity index (χ0n) is 15.2. The molecule has 1 atom stereocenters. The summed E-state index contributed by atoms with van der Waals surface area (Å²) in [7, 11) is -2.58. The van der Waals surface area contributed by atoms with Gasteiger partial charge in [0.15, 0.2) is 0 Å². The molecule has 2 aromatic heterocycles.